The van der Waals surface area contributed by atoms with E-state index in [4.69, 9.17) is 17.1 Å². The number of rotatable bonds is 4. The van der Waals surface area contributed by atoms with Crippen molar-refractivity contribution < 1.29 is 14.0 Å². The van der Waals surface area contributed by atoms with Crippen LogP contribution in [0.15, 0.2) is 48.5 Å². The molecular weight excluding hydrogens is 357 g/mol. The van der Waals surface area contributed by atoms with Crippen LogP contribution in [0.4, 0.5) is 4.39 Å². The highest BCUT2D eigenvalue weighted by Crippen LogP contribution is 2.50. The van der Waals surface area contributed by atoms with E-state index in [-0.39, 0.29) is 22.1 Å². The summed E-state index contributed by atoms with van der Waals surface area (Å²) < 4.78 is 13.3. The fourth-order valence-electron chi connectivity index (χ4n) is 2.90. The molecule has 0 bridgehead atoms. The van der Waals surface area contributed by atoms with Gasteiger partial charge < -0.3 is 4.84 Å². The molecule has 1 heterocycles. The molecule has 1 fully saturated rings. The van der Waals surface area contributed by atoms with Gasteiger partial charge in [0, 0.05) is 5.56 Å². The molecule has 3 nitrogen and oxygen atoms in total. The zero-order valence-electron chi connectivity index (χ0n) is 14.1. The summed E-state index contributed by atoms with van der Waals surface area (Å²) in [6.07, 6.45) is 0. The minimum Gasteiger partial charge on any atom is -0.363 e. The minimum atomic E-state index is -0.607. The molecule has 1 saturated heterocycles. The third kappa shape index (κ3) is 3.85. The predicted octanol–water partition coefficient (Wildman–Crippen LogP) is 4.30. The van der Waals surface area contributed by atoms with E-state index in [1.807, 2.05) is 31.2 Å². The SMILES string of the molecule is CC[SH]1CC(=O)N(OC(=S)c2cccc(C)c2)C1c1ccc(F)cc1. The van der Waals surface area contributed by atoms with Gasteiger partial charge in [-0.15, -0.1) is 0 Å². The first-order valence-electron chi connectivity index (χ1n) is 8.10. The molecule has 2 aromatic carbocycles. The molecule has 1 aliphatic heterocycles. The predicted molar refractivity (Wildman–Crippen MR) is 104 cm³/mol. The number of thiocarbonyl (C=S) groups is 1. The van der Waals surface area contributed by atoms with Crippen molar-refractivity contribution in [2.45, 2.75) is 19.2 Å². The van der Waals surface area contributed by atoms with Crippen LogP contribution >= 0.6 is 23.1 Å². The van der Waals surface area contributed by atoms with Gasteiger partial charge in [-0.25, -0.2) is 15.3 Å². The van der Waals surface area contributed by atoms with Crippen molar-refractivity contribution in [2.75, 3.05) is 11.5 Å². The Kier molecular flexibility index (Phi) is 5.39. The van der Waals surface area contributed by atoms with E-state index in [0.29, 0.717) is 5.75 Å². The number of halogens is 1. The van der Waals surface area contributed by atoms with Crippen molar-refractivity contribution in [3.63, 3.8) is 0 Å². The third-order valence-electron chi connectivity index (χ3n) is 4.16. The molecule has 0 N–H and O–H groups in total. The van der Waals surface area contributed by atoms with Crippen molar-refractivity contribution >= 4 is 34.1 Å². The van der Waals surface area contributed by atoms with E-state index < -0.39 is 10.9 Å². The van der Waals surface area contributed by atoms with Gasteiger partial charge in [-0.3, -0.25) is 4.79 Å². The largest absolute Gasteiger partial charge is 0.363 e. The van der Waals surface area contributed by atoms with Crippen LogP contribution in [0.2, 0.25) is 0 Å². The van der Waals surface area contributed by atoms with Gasteiger partial charge in [0.05, 0.1) is 5.75 Å². The van der Waals surface area contributed by atoms with Crippen molar-refractivity contribution in [3.05, 3.63) is 71.0 Å². The lowest BCUT2D eigenvalue weighted by Gasteiger charge is -2.29. The molecular formula is C19H20FNO2S2. The molecule has 0 radical (unpaired) electrons. The Morgan fingerprint density at radius 1 is 1.32 bits per heavy atom. The van der Waals surface area contributed by atoms with E-state index in [1.54, 1.807) is 12.1 Å². The Morgan fingerprint density at radius 2 is 2.04 bits per heavy atom. The maximum atomic E-state index is 13.3. The summed E-state index contributed by atoms with van der Waals surface area (Å²) in [6.45, 7) is 4.04. The number of thiol groups is 1. The summed E-state index contributed by atoms with van der Waals surface area (Å²) in [6, 6.07) is 13.9. The van der Waals surface area contributed by atoms with Crippen LogP contribution in [-0.2, 0) is 9.63 Å². The first kappa shape index (κ1) is 17.9. The van der Waals surface area contributed by atoms with E-state index in [9.17, 15) is 9.18 Å². The maximum Gasteiger partial charge on any atom is 0.264 e. The number of benzene rings is 2. The minimum absolute atomic E-state index is 0.0720. The molecule has 132 valence electrons. The van der Waals surface area contributed by atoms with Crippen molar-refractivity contribution in [1.82, 2.24) is 5.06 Å². The molecule has 0 aromatic heterocycles. The molecule has 3 rings (SSSR count). The van der Waals surface area contributed by atoms with Gasteiger partial charge in [-0.2, -0.15) is 5.06 Å². The van der Waals surface area contributed by atoms with E-state index in [0.717, 1.165) is 22.4 Å². The Hall–Kier alpha value is -1.92. The second-order valence-corrected chi connectivity index (χ2v) is 8.94. The fraction of sp³-hybridized carbons (Fsp3) is 0.263. The Morgan fingerprint density at radius 3 is 2.68 bits per heavy atom. The van der Waals surface area contributed by atoms with E-state index in [2.05, 4.69) is 6.92 Å². The zero-order chi connectivity index (χ0) is 18.0. The highest BCUT2D eigenvalue weighted by molar-refractivity contribution is 8.18. The molecule has 2 atom stereocenters. The Labute approximate surface area is 155 Å². The van der Waals surface area contributed by atoms with Gasteiger partial charge in [0.25, 0.3) is 5.91 Å². The monoisotopic (exact) mass is 377 g/mol. The first-order chi connectivity index (χ1) is 12.0. The smallest absolute Gasteiger partial charge is 0.264 e. The number of hydroxylamine groups is 2. The molecule has 0 spiro atoms. The molecule has 6 heteroatoms. The number of amides is 1. The molecule has 1 aliphatic rings. The van der Waals surface area contributed by atoms with Gasteiger partial charge in [0.2, 0.25) is 5.05 Å². The Balaban J connectivity index is 1.87. The normalized spacial score (nSPS) is 21.4. The highest BCUT2D eigenvalue weighted by atomic mass is 32.2. The van der Waals surface area contributed by atoms with Crippen LogP contribution < -0.4 is 0 Å². The highest BCUT2D eigenvalue weighted by Gasteiger charge is 2.40. The number of hydrogen-bond donors (Lipinski definition) is 1. The Bertz CT molecular complexity index is 794. The summed E-state index contributed by atoms with van der Waals surface area (Å²) in [4.78, 5) is 18.3. The molecule has 0 saturated carbocycles. The summed E-state index contributed by atoms with van der Waals surface area (Å²) in [5.74, 6) is 0.985. The van der Waals surface area contributed by atoms with Gasteiger partial charge in [-0.1, -0.05) is 42.8 Å². The van der Waals surface area contributed by atoms with Gasteiger partial charge in [0.15, 0.2) is 0 Å². The van der Waals surface area contributed by atoms with Gasteiger partial charge in [-0.05, 0) is 48.7 Å². The van der Waals surface area contributed by atoms with E-state index >= 15 is 0 Å². The number of carbonyl (C=O) groups excluding carboxylic acids is 1. The van der Waals surface area contributed by atoms with Crippen LogP contribution in [-0.4, -0.2) is 27.5 Å². The zero-order valence-corrected chi connectivity index (χ0v) is 15.8. The maximum absolute atomic E-state index is 13.3. The average Bonchev–Trinajstić information content (AvgIpc) is 2.91. The standard InChI is InChI=1S/C19H20FNO2S2/c1-3-25-12-17(22)21(18(25)14-7-9-16(20)10-8-14)23-19(24)15-6-4-5-13(2)11-15/h4-11,18,25H,3,12H2,1-2H3. The van der Waals surface area contributed by atoms with Gasteiger partial charge >= 0.3 is 0 Å². The summed E-state index contributed by atoms with van der Waals surface area (Å²) in [7, 11) is -0.607. The van der Waals surface area contributed by atoms with E-state index in [1.165, 1.54) is 17.2 Å². The van der Waals surface area contributed by atoms with Crippen molar-refractivity contribution in [3.8, 4) is 0 Å². The summed E-state index contributed by atoms with van der Waals surface area (Å²) >= 11 is 5.40. The lowest BCUT2D eigenvalue weighted by atomic mass is 10.1. The van der Waals surface area contributed by atoms with Crippen LogP contribution in [0.1, 0.15) is 29.0 Å². The first-order valence-corrected chi connectivity index (χ1v) is 10.3. The molecule has 1 amide bonds. The number of carbonyl (C=O) groups is 1. The average molecular weight is 378 g/mol. The second-order valence-electron chi connectivity index (χ2n) is 5.96. The van der Waals surface area contributed by atoms with Crippen LogP contribution in [0.5, 0.6) is 0 Å². The topological polar surface area (TPSA) is 29.5 Å². The van der Waals surface area contributed by atoms with Crippen LogP contribution in [0.3, 0.4) is 0 Å². The molecule has 0 aliphatic carbocycles. The van der Waals surface area contributed by atoms with Gasteiger partial charge in [0.1, 0.15) is 11.2 Å². The summed E-state index contributed by atoms with van der Waals surface area (Å²) in [5, 5.41) is 1.47. The fourth-order valence-corrected chi connectivity index (χ4v) is 5.40. The van der Waals surface area contributed by atoms with Crippen LogP contribution in [0.25, 0.3) is 0 Å². The van der Waals surface area contributed by atoms with Crippen molar-refractivity contribution in [2.24, 2.45) is 0 Å². The molecule has 2 aromatic rings. The van der Waals surface area contributed by atoms with Crippen molar-refractivity contribution in [1.29, 1.82) is 0 Å². The van der Waals surface area contributed by atoms with Crippen LogP contribution in [0, 0.1) is 12.7 Å². The number of aryl methyl sites for hydroxylation is 1. The lowest BCUT2D eigenvalue weighted by Crippen LogP contribution is -2.31. The number of hydrogen-bond acceptors (Lipinski definition) is 3. The third-order valence-corrected chi connectivity index (χ3v) is 7.16. The number of nitrogens with zero attached hydrogens (tertiary/aromatic N) is 1. The molecule has 25 heavy (non-hydrogen) atoms. The lowest BCUT2D eigenvalue weighted by molar-refractivity contribution is -0.157. The second kappa shape index (κ2) is 7.54. The summed E-state index contributed by atoms with van der Waals surface area (Å²) in [5.41, 5.74) is 2.72. The molecule has 2 unspecified atom stereocenters. The quantitative estimate of drug-likeness (QED) is 0.636.